The molecule has 0 radical (unpaired) electrons. The molecule has 1 amide bonds. The van der Waals surface area contributed by atoms with Gasteiger partial charge in [0, 0.05) is 43.2 Å². The molecule has 5 nitrogen and oxygen atoms in total. The standard InChI is InChI=1S/C23H23F3N4O/c1-3-30(16(2)11-12-20-28-14-18(15-29-20)23(24,25)26)22(31)21-19(10-7-13-27-21)17-8-5-4-6-9-17/h4-10,13-16H,3,11-12H2,1-2H3/t16-/m0/s1. The van der Waals surface area contributed by atoms with E-state index in [1.54, 1.807) is 17.2 Å². The molecular formula is C23H23F3N4O. The molecule has 0 aliphatic carbocycles. The van der Waals surface area contributed by atoms with Gasteiger partial charge in [-0.25, -0.2) is 9.97 Å². The van der Waals surface area contributed by atoms with Gasteiger partial charge >= 0.3 is 6.18 Å². The number of benzene rings is 1. The minimum Gasteiger partial charge on any atom is -0.335 e. The summed E-state index contributed by atoms with van der Waals surface area (Å²) in [5.74, 6) is 0.119. The van der Waals surface area contributed by atoms with E-state index < -0.39 is 11.7 Å². The average molecular weight is 428 g/mol. The number of hydrogen-bond donors (Lipinski definition) is 0. The van der Waals surface area contributed by atoms with Crippen molar-refractivity contribution in [1.82, 2.24) is 19.9 Å². The number of alkyl halides is 3. The van der Waals surface area contributed by atoms with Gasteiger partial charge in [-0.3, -0.25) is 9.78 Å². The monoisotopic (exact) mass is 428 g/mol. The van der Waals surface area contributed by atoms with Gasteiger partial charge in [0.1, 0.15) is 11.5 Å². The summed E-state index contributed by atoms with van der Waals surface area (Å²) < 4.78 is 38.0. The van der Waals surface area contributed by atoms with Crippen LogP contribution >= 0.6 is 0 Å². The lowest BCUT2D eigenvalue weighted by molar-refractivity contribution is -0.138. The van der Waals surface area contributed by atoms with E-state index >= 15 is 0 Å². The van der Waals surface area contributed by atoms with E-state index in [4.69, 9.17) is 0 Å². The zero-order valence-corrected chi connectivity index (χ0v) is 17.3. The highest BCUT2D eigenvalue weighted by molar-refractivity contribution is 5.99. The van der Waals surface area contributed by atoms with Gasteiger partial charge in [-0.05, 0) is 31.9 Å². The number of nitrogens with zero attached hydrogens (tertiary/aromatic N) is 4. The maximum absolute atomic E-state index is 13.3. The number of halogens is 3. The fourth-order valence-corrected chi connectivity index (χ4v) is 3.34. The first kappa shape index (κ1) is 22.4. The predicted octanol–water partition coefficient (Wildman–Crippen LogP) is 5.04. The van der Waals surface area contributed by atoms with Gasteiger partial charge in [0.2, 0.25) is 0 Å². The average Bonchev–Trinajstić information content (AvgIpc) is 2.78. The van der Waals surface area contributed by atoms with E-state index in [-0.39, 0.29) is 11.9 Å². The molecule has 2 heterocycles. The van der Waals surface area contributed by atoms with Crippen molar-refractivity contribution in [1.29, 1.82) is 0 Å². The van der Waals surface area contributed by atoms with Gasteiger partial charge in [-0.2, -0.15) is 13.2 Å². The summed E-state index contributed by atoms with van der Waals surface area (Å²) in [5, 5.41) is 0. The third-order valence-corrected chi connectivity index (χ3v) is 5.05. The summed E-state index contributed by atoms with van der Waals surface area (Å²) in [4.78, 5) is 27.0. The summed E-state index contributed by atoms with van der Waals surface area (Å²) in [6.07, 6.45) is -0.425. The Kier molecular flexibility index (Phi) is 6.99. The normalized spacial score (nSPS) is 12.4. The molecule has 0 aliphatic heterocycles. The number of pyridine rings is 1. The number of rotatable bonds is 7. The van der Waals surface area contributed by atoms with Crippen LogP contribution in [0.3, 0.4) is 0 Å². The number of aryl methyl sites for hydroxylation is 1. The van der Waals surface area contributed by atoms with Gasteiger partial charge in [-0.15, -0.1) is 0 Å². The van der Waals surface area contributed by atoms with Crippen LogP contribution in [0, 0.1) is 0 Å². The number of carbonyl (C=O) groups is 1. The van der Waals surface area contributed by atoms with Crippen molar-refractivity contribution in [3.63, 3.8) is 0 Å². The van der Waals surface area contributed by atoms with Crippen LogP contribution in [-0.2, 0) is 12.6 Å². The van der Waals surface area contributed by atoms with Crippen molar-refractivity contribution < 1.29 is 18.0 Å². The smallest absolute Gasteiger partial charge is 0.335 e. The third kappa shape index (κ3) is 5.45. The molecule has 31 heavy (non-hydrogen) atoms. The summed E-state index contributed by atoms with van der Waals surface area (Å²) in [6, 6.07) is 13.1. The Morgan fingerprint density at radius 1 is 1.03 bits per heavy atom. The molecule has 3 rings (SSSR count). The van der Waals surface area contributed by atoms with E-state index in [0.29, 0.717) is 30.9 Å². The van der Waals surface area contributed by atoms with E-state index in [1.165, 1.54) is 0 Å². The molecule has 0 saturated carbocycles. The number of carbonyl (C=O) groups excluding carboxylic acids is 1. The molecule has 0 aliphatic rings. The minimum atomic E-state index is -4.46. The molecule has 0 bridgehead atoms. The van der Waals surface area contributed by atoms with E-state index in [2.05, 4.69) is 15.0 Å². The molecule has 0 N–H and O–H groups in total. The molecule has 0 spiro atoms. The molecule has 0 saturated heterocycles. The maximum Gasteiger partial charge on any atom is 0.419 e. The quantitative estimate of drug-likeness (QED) is 0.529. The van der Waals surface area contributed by atoms with Crippen LogP contribution < -0.4 is 0 Å². The van der Waals surface area contributed by atoms with Crippen LogP contribution in [0.5, 0.6) is 0 Å². The predicted molar refractivity (Wildman–Crippen MR) is 111 cm³/mol. The Morgan fingerprint density at radius 2 is 1.71 bits per heavy atom. The Hall–Kier alpha value is -3.29. The zero-order chi connectivity index (χ0) is 22.4. The summed E-state index contributed by atoms with van der Waals surface area (Å²) in [7, 11) is 0. The van der Waals surface area contributed by atoms with Gasteiger partial charge < -0.3 is 4.90 Å². The van der Waals surface area contributed by atoms with Crippen molar-refractivity contribution in [2.45, 2.75) is 38.9 Å². The molecule has 8 heteroatoms. The highest BCUT2D eigenvalue weighted by Crippen LogP contribution is 2.28. The zero-order valence-electron chi connectivity index (χ0n) is 17.3. The molecule has 1 aromatic carbocycles. The topological polar surface area (TPSA) is 59.0 Å². The first-order chi connectivity index (χ1) is 14.8. The van der Waals surface area contributed by atoms with Gasteiger partial charge in [0.15, 0.2) is 0 Å². The number of hydrogen-bond acceptors (Lipinski definition) is 4. The van der Waals surface area contributed by atoms with Crippen LogP contribution in [0.4, 0.5) is 13.2 Å². The second kappa shape index (κ2) is 9.68. The molecule has 3 aromatic rings. The lowest BCUT2D eigenvalue weighted by Crippen LogP contribution is -2.39. The highest BCUT2D eigenvalue weighted by Gasteiger charge is 2.31. The molecule has 162 valence electrons. The SMILES string of the molecule is CCN(C(=O)c1ncccc1-c1ccccc1)[C@@H](C)CCc1ncc(C(F)(F)F)cn1. The van der Waals surface area contributed by atoms with Gasteiger partial charge in [-0.1, -0.05) is 36.4 Å². The van der Waals surface area contributed by atoms with Crippen LogP contribution in [-0.4, -0.2) is 38.3 Å². The van der Waals surface area contributed by atoms with Crippen LogP contribution in [0.15, 0.2) is 61.1 Å². The largest absolute Gasteiger partial charge is 0.419 e. The Labute approximate surface area is 179 Å². The molecule has 2 aromatic heterocycles. The fraction of sp³-hybridized carbons (Fsp3) is 0.304. The first-order valence-corrected chi connectivity index (χ1v) is 10.0. The molecule has 0 fully saturated rings. The fourth-order valence-electron chi connectivity index (χ4n) is 3.34. The van der Waals surface area contributed by atoms with E-state index in [0.717, 1.165) is 23.5 Å². The van der Waals surface area contributed by atoms with E-state index in [1.807, 2.05) is 50.2 Å². The van der Waals surface area contributed by atoms with E-state index in [9.17, 15) is 18.0 Å². The Bertz CT molecular complexity index is 1010. The van der Waals surface area contributed by atoms with Crippen molar-refractivity contribution in [2.24, 2.45) is 0 Å². The first-order valence-electron chi connectivity index (χ1n) is 10.0. The Balaban J connectivity index is 1.73. The summed E-state index contributed by atoms with van der Waals surface area (Å²) >= 11 is 0. The maximum atomic E-state index is 13.3. The van der Waals surface area contributed by atoms with Crippen LogP contribution in [0.25, 0.3) is 11.1 Å². The summed E-state index contributed by atoms with van der Waals surface area (Å²) in [5.41, 5.74) is 1.15. The summed E-state index contributed by atoms with van der Waals surface area (Å²) in [6.45, 7) is 4.25. The highest BCUT2D eigenvalue weighted by atomic mass is 19.4. The van der Waals surface area contributed by atoms with Crippen molar-refractivity contribution in [3.05, 3.63) is 78.1 Å². The molecular weight excluding hydrogens is 405 g/mol. The lowest BCUT2D eigenvalue weighted by atomic mass is 10.0. The molecule has 1 atom stereocenters. The third-order valence-electron chi connectivity index (χ3n) is 5.05. The van der Waals surface area contributed by atoms with Crippen LogP contribution in [0.2, 0.25) is 0 Å². The number of amides is 1. The van der Waals surface area contributed by atoms with Crippen LogP contribution in [0.1, 0.15) is 42.1 Å². The molecule has 0 unspecified atom stereocenters. The second-order valence-corrected chi connectivity index (χ2v) is 7.13. The number of aromatic nitrogens is 3. The minimum absolute atomic E-state index is 0.172. The second-order valence-electron chi connectivity index (χ2n) is 7.13. The van der Waals surface area contributed by atoms with Crippen molar-refractivity contribution >= 4 is 5.91 Å². The van der Waals surface area contributed by atoms with Gasteiger partial charge in [0.05, 0.1) is 5.56 Å². The lowest BCUT2D eigenvalue weighted by Gasteiger charge is -2.28. The van der Waals surface area contributed by atoms with Crippen molar-refractivity contribution in [3.8, 4) is 11.1 Å². The Morgan fingerprint density at radius 3 is 2.32 bits per heavy atom. The van der Waals surface area contributed by atoms with Gasteiger partial charge in [0.25, 0.3) is 5.91 Å². The van der Waals surface area contributed by atoms with Crippen molar-refractivity contribution in [2.75, 3.05) is 6.54 Å².